The summed E-state index contributed by atoms with van der Waals surface area (Å²) in [5.74, 6) is 1.16. The van der Waals surface area contributed by atoms with Gasteiger partial charge in [-0.15, -0.1) is 0 Å². The van der Waals surface area contributed by atoms with Gasteiger partial charge in [0.2, 0.25) is 5.91 Å². The molecule has 0 spiro atoms. The minimum atomic E-state index is -0.238. The van der Waals surface area contributed by atoms with Crippen LogP contribution >= 0.6 is 0 Å². The number of carbonyl (C=O) groups excluding carboxylic acids is 1. The van der Waals surface area contributed by atoms with Crippen molar-refractivity contribution in [3.63, 3.8) is 0 Å². The van der Waals surface area contributed by atoms with Crippen molar-refractivity contribution in [2.45, 2.75) is 13.3 Å². The lowest BCUT2D eigenvalue weighted by Gasteiger charge is -2.25. The van der Waals surface area contributed by atoms with Crippen LogP contribution in [0.5, 0.6) is 11.5 Å². The molecule has 0 radical (unpaired) electrons. The summed E-state index contributed by atoms with van der Waals surface area (Å²) in [6.45, 7) is 2.41. The number of fused-ring (bicyclic) bond motifs is 1. The molecule has 2 N–H and O–H groups in total. The number of anilines is 1. The highest BCUT2D eigenvalue weighted by atomic mass is 16.5. The molecule has 0 saturated carbocycles. The second-order valence-electron chi connectivity index (χ2n) is 6.71. The van der Waals surface area contributed by atoms with E-state index in [0.717, 1.165) is 28.0 Å². The molecule has 138 valence electrons. The van der Waals surface area contributed by atoms with Gasteiger partial charge in [-0.3, -0.25) is 9.89 Å². The van der Waals surface area contributed by atoms with Crippen LogP contribution in [0.4, 0.5) is 5.69 Å². The van der Waals surface area contributed by atoms with E-state index >= 15 is 0 Å². The average Bonchev–Trinajstić information content (AvgIpc) is 3.22. The number of rotatable bonds is 4. The van der Waals surface area contributed by atoms with Crippen molar-refractivity contribution in [3.05, 3.63) is 59.9 Å². The van der Waals surface area contributed by atoms with Gasteiger partial charge >= 0.3 is 0 Å². The molecule has 6 nitrogen and oxygen atoms in total. The maximum Gasteiger partial charge on any atom is 0.231 e. The van der Waals surface area contributed by atoms with Crippen molar-refractivity contribution < 1.29 is 14.3 Å². The van der Waals surface area contributed by atoms with Crippen LogP contribution in [0.3, 0.4) is 0 Å². The number of H-pyrrole nitrogens is 1. The Morgan fingerprint density at radius 3 is 2.93 bits per heavy atom. The van der Waals surface area contributed by atoms with Crippen molar-refractivity contribution in [2.24, 2.45) is 5.92 Å². The Hall–Kier alpha value is -3.28. The third-order valence-electron chi connectivity index (χ3n) is 4.78. The van der Waals surface area contributed by atoms with Gasteiger partial charge in [-0.05, 0) is 42.7 Å². The van der Waals surface area contributed by atoms with E-state index in [1.165, 1.54) is 0 Å². The molecule has 0 fully saturated rings. The van der Waals surface area contributed by atoms with Gasteiger partial charge in [0.05, 0.1) is 24.9 Å². The lowest BCUT2D eigenvalue weighted by Crippen LogP contribution is -2.32. The minimum Gasteiger partial charge on any atom is -0.495 e. The van der Waals surface area contributed by atoms with Crippen molar-refractivity contribution in [1.82, 2.24) is 10.2 Å². The van der Waals surface area contributed by atoms with Crippen LogP contribution in [0.2, 0.25) is 0 Å². The topological polar surface area (TPSA) is 76.2 Å². The zero-order chi connectivity index (χ0) is 18.8. The third-order valence-corrected chi connectivity index (χ3v) is 4.78. The van der Waals surface area contributed by atoms with E-state index in [1.54, 1.807) is 13.3 Å². The molecular formula is C21H21N3O3. The largest absolute Gasteiger partial charge is 0.495 e. The number of nitrogens with zero attached hydrogens (tertiary/aromatic N) is 1. The van der Waals surface area contributed by atoms with E-state index < -0.39 is 0 Å². The first-order valence-corrected chi connectivity index (χ1v) is 8.84. The van der Waals surface area contributed by atoms with Gasteiger partial charge in [0.1, 0.15) is 18.1 Å². The summed E-state index contributed by atoms with van der Waals surface area (Å²) in [6, 6.07) is 11.7. The molecule has 1 unspecified atom stereocenters. The Kier molecular flexibility index (Phi) is 4.54. The molecule has 2 aromatic carbocycles. The molecule has 0 saturated heterocycles. The number of aromatic nitrogens is 2. The number of aryl methyl sites for hydroxylation is 1. The third kappa shape index (κ3) is 3.51. The molecule has 1 amide bonds. The lowest BCUT2D eigenvalue weighted by atomic mass is 9.94. The highest BCUT2D eigenvalue weighted by Crippen LogP contribution is 2.32. The molecule has 27 heavy (non-hydrogen) atoms. The highest BCUT2D eigenvalue weighted by molar-refractivity contribution is 5.95. The van der Waals surface area contributed by atoms with E-state index in [-0.39, 0.29) is 11.8 Å². The van der Waals surface area contributed by atoms with Crippen LogP contribution in [-0.2, 0) is 11.2 Å². The van der Waals surface area contributed by atoms with Gasteiger partial charge in [-0.2, -0.15) is 5.10 Å². The van der Waals surface area contributed by atoms with Crippen molar-refractivity contribution >= 4 is 11.6 Å². The Labute approximate surface area is 157 Å². The second kappa shape index (κ2) is 7.15. The normalized spacial score (nSPS) is 15.6. The van der Waals surface area contributed by atoms with E-state index in [1.807, 2.05) is 43.5 Å². The first-order chi connectivity index (χ1) is 13.1. The maximum absolute atomic E-state index is 12.8. The predicted molar refractivity (Wildman–Crippen MR) is 103 cm³/mol. The van der Waals surface area contributed by atoms with Crippen LogP contribution in [0.1, 0.15) is 11.1 Å². The number of ether oxygens (including phenoxy) is 2. The molecule has 6 heteroatoms. The molecule has 4 rings (SSSR count). The van der Waals surface area contributed by atoms with Crippen LogP contribution in [0.15, 0.2) is 48.8 Å². The maximum atomic E-state index is 12.8. The lowest BCUT2D eigenvalue weighted by molar-refractivity contribution is -0.121. The van der Waals surface area contributed by atoms with E-state index in [2.05, 4.69) is 21.6 Å². The Balaban J connectivity index is 1.51. The number of nitrogens with one attached hydrogen (secondary N) is 2. The number of carbonyl (C=O) groups is 1. The molecule has 1 atom stereocenters. The number of benzene rings is 2. The Morgan fingerprint density at radius 2 is 2.15 bits per heavy atom. The number of amides is 1. The van der Waals surface area contributed by atoms with Crippen LogP contribution in [0, 0.1) is 12.8 Å². The first kappa shape index (κ1) is 17.1. The van der Waals surface area contributed by atoms with Crippen LogP contribution < -0.4 is 14.8 Å². The van der Waals surface area contributed by atoms with E-state index in [9.17, 15) is 4.79 Å². The van der Waals surface area contributed by atoms with Crippen molar-refractivity contribution in [1.29, 1.82) is 0 Å². The number of hydrogen-bond acceptors (Lipinski definition) is 4. The van der Waals surface area contributed by atoms with Crippen molar-refractivity contribution in [3.8, 4) is 22.6 Å². The fraction of sp³-hybridized carbons (Fsp3) is 0.238. The van der Waals surface area contributed by atoms with Gasteiger partial charge in [-0.25, -0.2) is 0 Å². The van der Waals surface area contributed by atoms with Crippen molar-refractivity contribution in [2.75, 3.05) is 19.0 Å². The summed E-state index contributed by atoms with van der Waals surface area (Å²) in [4.78, 5) is 12.8. The molecule has 1 aliphatic heterocycles. The first-order valence-electron chi connectivity index (χ1n) is 8.84. The molecule has 0 aliphatic carbocycles. The fourth-order valence-corrected chi connectivity index (χ4v) is 3.31. The van der Waals surface area contributed by atoms with E-state index in [0.29, 0.717) is 24.5 Å². The van der Waals surface area contributed by atoms with Gasteiger partial charge in [0.15, 0.2) is 0 Å². The fourth-order valence-electron chi connectivity index (χ4n) is 3.31. The van der Waals surface area contributed by atoms with Crippen LogP contribution in [-0.4, -0.2) is 29.8 Å². The summed E-state index contributed by atoms with van der Waals surface area (Å²) >= 11 is 0. The molecule has 1 aliphatic rings. The van der Waals surface area contributed by atoms with Gasteiger partial charge in [0, 0.05) is 11.8 Å². The number of methoxy groups -OCH3 is 1. The molecule has 2 heterocycles. The van der Waals surface area contributed by atoms with Gasteiger partial charge < -0.3 is 14.8 Å². The SMILES string of the molecule is COc1cc(-c2cn[nH]c2)ccc1NC(=O)C1COc2ccc(C)cc2C1. The zero-order valence-corrected chi connectivity index (χ0v) is 15.3. The Morgan fingerprint density at radius 1 is 1.26 bits per heavy atom. The molecule has 1 aromatic heterocycles. The smallest absolute Gasteiger partial charge is 0.231 e. The molecule has 0 bridgehead atoms. The average molecular weight is 363 g/mol. The minimum absolute atomic E-state index is 0.0727. The Bertz CT molecular complexity index is 967. The second-order valence-corrected chi connectivity index (χ2v) is 6.71. The summed E-state index contributed by atoms with van der Waals surface area (Å²) in [6.07, 6.45) is 4.22. The molecule has 3 aromatic rings. The zero-order valence-electron chi connectivity index (χ0n) is 15.3. The van der Waals surface area contributed by atoms with E-state index in [4.69, 9.17) is 9.47 Å². The van der Waals surface area contributed by atoms with Crippen LogP contribution in [0.25, 0.3) is 11.1 Å². The summed E-state index contributed by atoms with van der Waals surface area (Å²) in [7, 11) is 1.59. The highest BCUT2D eigenvalue weighted by Gasteiger charge is 2.26. The van der Waals surface area contributed by atoms with Gasteiger partial charge in [-0.1, -0.05) is 23.8 Å². The monoisotopic (exact) mass is 363 g/mol. The standard InChI is InChI=1S/C21H21N3O3/c1-13-3-6-19-15(7-13)8-16(12-27-19)21(25)24-18-5-4-14(9-20(18)26-2)17-10-22-23-11-17/h3-7,9-11,16H,8,12H2,1-2H3,(H,22,23)(H,24,25). The molecular weight excluding hydrogens is 342 g/mol. The predicted octanol–water partition coefficient (Wildman–Crippen LogP) is 3.58. The number of aromatic amines is 1. The number of hydrogen-bond donors (Lipinski definition) is 2. The summed E-state index contributed by atoms with van der Waals surface area (Å²) in [5, 5.41) is 9.74. The summed E-state index contributed by atoms with van der Waals surface area (Å²) < 4.78 is 11.2. The summed E-state index contributed by atoms with van der Waals surface area (Å²) in [5.41, 5.74) is 4.80. The van der Waals surface area contributed by atoms with Gasteiger partial charge in [0.25, 0.3) is 0 Å². The quantitative estimate of drug-likeness (QED) is 0.743.